The topological polar surface area (TPSA) is 43.4 Å². The van der Waals surface area contributed by atoms with Crippen LogP contribution in [0.2, 0.25) is 0 Å². The Hall–Kier alpha value is -2.60. The van der Waals surface area contributed by atoms with Crippen LogP contribution in [-0.4, -0.2) is 52.5 Å². The molecule has 166 valence electrons. The second kappa shape index (κ2) is 8.15. The fourth-order valence-corrected chi connectivity index (χ4v) is 6.05. The van der Waals surface area contributed by atoms with Crippen LogP contribution in [-0.2, 0) is 6.54 Å². The largest absolute Gasteiger partial charge is 0.497 e. The van der Waals surface area contributed by atoms with Crippen LogP contribution in [0.4, 0.5) is 5.69 Å². The summed E-state index contributed by atoms with van der Waals surface area (Å²) in [7, 11) is 6.74. The van der Waals surface area contributed by atoms with Crippen molar-refractivity contribution in [1.82, 2.24) is 4.90 Å². The monoisotopic (exact) mass is 424 g/mol. The number of methoxy groups -OCH3 is 4. The molecule has 2 saturated heterocycles. The first-order chi connectivity index (χ1) is 15.2. The lowest BCUT2D eigenvalue weighted by Gasteiger charge is -2.44. The molecule has 0 bridgehead atoms. The number of anilines is 1. The zero-order valence-corrected chi connectivity index (χ0v) is 18.9. The van der Waals surface area contributed by atoms with E-state index in [1.165, 1.54) is 42.6 Å². The third-order valence-electron chi connectivity index (χ3n) is 7.32. The van der Waals surface area contributed by atoms with E-state index >= 15 is 0 Å². The van der Waals surface area contributed by atoms with E-state index in [2.05, 4.69) is 40.1 Å². The van der Waals surface area contributed by atoms with Gasteiger partial charge in [0.05, 0.1) is 28.4 Å². The summed E-state index contributed by atoms with van der Waals surface area (Å²) in [5.41, 5.74) is 3.97. The summed E-state index contributed by atoms with van der Waals surface area (Å²) >= 11 is 0. The van der Waals surface area contributed by atoms with Crippen LogP contribution in [0.5, 0.6) is 23.0 Å². The molecular weight excluding hydrogens is 392 g/mol. The highest BCUT2D eigenvalue weighted by atomic mass is 16.5. The molecule has 0 spiro atoms. The average molecular weight is 425 g/mol. The Kier molecular flexibility index (Phi) is 5.34. The quantitative estimate of drug-likeness (QED) is 0.690. The number of ether oxygens (including phenoxy) is 4. The fraction of sp³-hybridized carbons (Fsp3) is 0.520. The van der Waals surface area contributed by atoms with E-state index in [-0.39, 0.29) is 0 Å². The first-order valence-electron chi connectivity index (χ1n) is 11.2. The molecule has 5 rings (SSSR count). The Labute approximate surface area is 184 Å². The van der Waals surface area contributed by atoms with Gasteiger partial charge in [0.1, 0.15) is 5.75 Å². The Bertz CT molecular complexity index is 938. The highest BCUT2D eigenvalue weighted by molar-refractivity contribution is 5.62. The smallest absolute Gasteiger partial charge is 0.203 e. The van der Waals surface area contributed by atoms with Crippen molar-refractivity contribution in [1.29, 1.82) is 0 Å². The molecule has 2 aromatic rings. The number of fused-ring (bicyclic) bond motifs is 6. The van der Waals surface area contributed by atoms with Gasteiger partial charge >= 0.3 is 0 Å². The molecule has 0 aliphatic carbocycles. The fourth-order valence-electron chi connectivity index (χ4n) is 6.05. The van der Waals surface area contributed by atoms with Gasteiger partial charge in [-0.25, -0.2) is 0 Å². The minimum atomic E-state index is 0.406. The maximum atomic E-state index is 5.60. The lowest BCUT2D eigenvalue weighted by atomic mass is 9.81. The van der Waals surface area contributed by atoms with Gasteiger partial charge in [0, 0.05) is 36.8 Å². The van der Waals surface area contributed by atoms with Crippen LogP contribution >= 0.6 is 0 Å². The van der Waals surface area contributed by atoms with Gasteiger partial charge in [0.2, 0.25) is 5.75 Å². The second-order valence-corrected chi connectivity index (χ2v) is 8.73. The first kappa shape index (κ1) is 20.3. The Balaban J connectivity index is 1.51. The Morgan fingerprint density at radius 1 is 0.871 bits per heavy atom. The highest BCUT2D eigenvalue weighted by Crippen LogP contribution is 2.53. The van der Waals surface area contributed by atoms with E-state index in [0.717, 1.165) is 18.8 Å². The summed E-state index contributed by atoms with van der Waals surface area (Å²) in [5, 5.41) is 0. The lowest BCUT2D eigenvalue weighted by molar-refractivity contribution is 0.198. The number of hydrogen-bond acceptors (Lipinski definition) is 6. The maximum Gasteiger partial charge on any atom is 0.203 e. The van der Waals surface area contributed by atoms with Crippen molar-refractivity contribution in [2.24, 2.45) is 5.92 Å². The summed E-state index contributed by atoms with van der Waals surface area (Å²) in [5.74, 6) is 3.65. The van der Waals surface area contributed by atoms with E-state index in [9.17, 15) is 0 Å². The van der Waals surface area contributed by atoms with E-state index in [1.54, 1.807) is 28.4 Å². The van der Waals surface area contributed by atoms with Gasteiger partial charge in [-0.3, -0.25) is 4.90 Å². The zero-order chi connectivity index (χ0) is 21.5. The molecule has 2 aromatic carbocycles. The molecule has 3 atom stereocenters. The summed E-state index contributed by atoms with van der Waals surface area (Å²) in [6, 6.07) is 11.8. The van der Waals surface area contributed by atoms with Crippen molar-refractivity contribution in [3.63, 3.8) is 0 Å². The van der Waals surface area contributed by atoms with Gasteiger partial charge in [0.15, 0.2) is 11.5 Å². The third-order valence-corrected chi connectivity index (χ3v) is 7.32. The maximum absolute atomic E-state index is 5.60. The van der Waals surface area contributed by atoms with Gasteiger partial charge in [0.25, 0.3) is 0 Å². The van der Waals surface area contributed by atoms with E-state index in [0.29, 0.717) is 35.3 Å². The van der Waals surface area contributed by atoms with Crippen LogP contribution in [0, 0.1) is 5.92 Å². The Morgan fingerprint density at radius 2 is 1.65 bits per heavy atom. The third kappa shape index (κ3) is 3.28. The molecule has 6 nitrogen and oxygen atoms in total. The predicted molar refractivity (Wildman–Crippen MR) is 121 cm³/mol. The highest BCUT2D eigenvalue weighted by Gasteiger charge is 2.48. The van der Waals surface area contributed by atoms with Crippen LogP contribution in [0.15, 0.2) is 30.3 Å². The molecule has 6 heteroatoms. The molecule has 3 aliphatic heterocycles. The van der Waals surface area contributed by atoms with Gasteiger partial charge in [-0.2, -0.15) is 0 Å². The summed E-state index contributed by atoms with van der Waals surface area (Å²) < 4.78 is 22.3. The van der Waals surface area contributed by atoms with Gasteiger partial charge in [-0.15, -0.1) is 0 Å². The molecule has 0 amide bonds. The van der Waals surface area contributed by atoms with Gasteiger partial charge in [-0.1, -0.05) is 0 Å². The number of nitrogens with zero attached hydrogens (tertiary/aromatic N) is 2. The molecule has 3 aliphatic rings. The number of likely N-dealkylation sites (tertiary alicyclic amines) is 1. The lowest BCUT2D eigenvalue weighted by Crippen LogP contribution is -2.43. The molecule has 0 radical (unpaired) electrons. The van der Waals surface area contributed by atoms with Crippen molar-refractivity contribution in [3.8, 4) is 23.0 Å². The number of rotatable bonds is 6. The van der Waals surface area contributed by atoms with Crippen LogP contribution in [0.1, 0.15) is 36.4 Å². The minimum absolute atomic E-state index is 0.406. The number of hydrogen-bond donors (Lipinski definition) is 0. The molecular formula is C25H32N2O4. The van der Waals surface area contributed by atoms with E-state index in [4.69, 9.17) is 18.9 Å². The predicted octanol–water partition coefficient (Wildman–Crippen LogP) is 4.27. The summed E-state index contributed by atoms with van der Waals surface area (Å²) in [6.45, 7) is 3.11. The SMILES string of the molecule is COc1ccc2c(c1)[C@H]1[C@H](CCN1Cc1cc(OC)c(OC)c(OC)c1)[C@H]1CCCN21. The Morgan fingerprint density at radius 3 is 2.32 bits per heavy atom. The molecule has 0 N–H and O–H groups in total. The van der Waals surface area contributed by atoms with Crippen molar-refractivity contribution >= 4 is 5.69 Å². The average Bonchev–Trinajstić information content (AvgIpc) is 3.45. The van der Waals surface area contributed by atoms with Crippen molar-refractivity contribution < 1.29 is 18.9 Å². The zero-order valence-electron chi connectivity index (χ0n) is 18.9. The van der Waals surface area contributed by atoms with Crippen LogP contribution in [0.25, 0.3) is 0 Å². The van der Waals surface area contributed by atoms with Gasteiger partial charge < -0.3 is 23.8 Å². The minimum Gasteiger partial charge on any atom is -0.497 e. The molecule has 3 heterocycles. The normalized spacial score (nSPS) is 24.4. The first-order valence-corrected chi connectivity index (χ1v) is 11.2. The summed E-state index contributed by atoms with van der Waals surface area (Å²) in [4.78, 5) is 5.28. The molecule has 0 saturated carbocycles. The molecule has 0 aromatic heterocycles. The van der Waals surface area contributed by atoms with Crippen LogP contribution in [0.3, 0.4) is 0 Å². The second-order valence-electron chi connectivity index (χ2n) is 8.73. The van der Waals surface area contributed by atoms with Crippen LogP contribution < -0.4 is 23.8 Å². The molecule has 2 fully saturated rings. The van der Waals surface area contributed by atoms with Crippen molar-refractivity contribution in [2.45, 2.75) is 37.9 Å². The van der Waals surface area contributed by atoms with Gasteiger partial charge in [-0.05, 0) is 67.3 Å². The van der Waals surface area contributed by atoms with E-state index < -0.39 is 0 Å². The van der Waals surface area contributed by atoms with Crippen molar-refractivity contribution in [2.75, 3.05) is 46.4 Å². The molecule has 0 unspecified atom stereocenters. The summed E-state index contributed by atoms with van der Waals surface area (Å²) in [6.07, 6.45) is 3.81. The standard InChI is InChI=1S/C25H32N2O4/c1-28-17-7-8-21-19(14-17)24-18(20-6-5-10-27(20)21)9-11-26(24)15-16-12-22(29-2)25(31-4)23(13-16)30-3/h7-8,12-14,18,20,24H,5-6,9-11,15H2,1-4H3/t18-,20-,24-/m1/s1. The van der Waals surface area contributed by atoms with Crippen molar-refractivity contribution in [3.05, 3.63) is 41.5 Å². The molecule has 31 heavy (non-hydrogen) atoms. The number of benzene rings is 2. The van der Waals surface area contributed by atoms with E-state index in [1.807, 2.05) is 0 Å².